The third-order valence-corrected chi connectivity index (χ3v) is 2.71. The number of allylic oxidation sites excluding steroid dienone is 1. The van der Waals surface area contributed by atoms with Gasteiger partial charge in [0.05, 0.1) is 0 Å². The van der Waals surface area contributed by atoms with Crippen LogP contribution in [0, 0.1) is 6.92 Å². The lowest BCUT2D eigenvalue weighted by molar-refractivity contribution is 0.0983. The summed E-state index contributed by atoms with van der Waals surface area (Å²) in [6.45, 7) is 7.90. The molecule has 0 aliphatic carbocycles. The second kappa shape index (κ2) is 5.50. The Morgan fingerprint density at radius 2 is 2.06 bits per heavy atom. The van der Waals surface area contributed by atoms with Gasteiger partial charge in [-0.1, -0.05) is 25.1 Å². The molecule has 0 amide bonds. The first-order valence-corrected chi connectivity index (χ1v) is 5.60. The molecule has 2 nitrogen and oxygen atoms in total. The van der Waals surface area contributed by atoms with Gasteiger partial charge in [-0.15, -0.1) is 0 Å². The van der Waals surface area contributed by atoms with Crippen molar-refractivity contribution in [1.29, 1.82) is 0 Å². The van der Waals surface area contributed by atoms with Gasteiger partial charge in [0.15, 0.2) is 5.78 Å². The van der Waals surface area contributed by atoms with Crippen molar-refractivity contribution >= 4 is 11.5 Å². The van der Waals surface area contributed by atoms with E-state index in [-0.39, 0.29) is 5.78 Å². The predicted molar refractivity (Wildman–Crippen MR) is 68.6 cm³/mol. The summed E-state index contributed by atoms with van der Waals surface area (Å²) in [7, 11) is 0. The summed E-state index contributed by atoms with van der Waals surface area (Å²) >= 11 is 0. The summed E-state index contributed by atoms with van der Waals surface area (Å²) < 4.78 is 0. The zero-order chi connectivity index (χ0) is 12.1. The number of carbonyl (C=O) groups excluding carboxylic acids is 1. The number of aryl methyl sites for hydroxylation is 1. The van der Waals surface area contributed by atoms with Crippen molar-refractivity contribution in [2.75, 3.05) is 5.73 Å². The van der Waals surface area contributed by atoms with Gasteiger partial charge in [-0.3, -0.25) is 4.79 Å². The SMILES string of the molecule is C=C(CC)CCC(=O)c1ccc(C)cc1N. The molecule has 0 saturated carbocycles. The molecule has 0 atom stereocenters. The Morgan fingerprint density at radius 3 is 2.62 bits per heavy atom. The Morgan fingerprint density at radius 1 is 1.38 bits per heavy atom. The molecule has 1 aromatic rings. The molecule has 1 aromatic carbocycles. The molecule has 2 N–H and O–H groups in total. The molecule has 0 fully saturated rings. The summed E-state index contributed by atoms with van der Waals surface area (Å²) in [6.07, 6.45) is 2.18. The summed E-state index contributed by atoms with van der Waals surface area (Å²) in [5.74, 6) is 0.104. The van der Waals surface area contributed by atoms with Gasteiger partial charge in [-0.25, -0.2) is 0 Å². The van der Waals surface area contributed by atoms with E-state index in [2.05, 4.69) is 6.58 Å². The van der Waals surface area contributed by atoms with Crippen LogP contribution < -0.4 is 5.73 Å². The normalized spacial score (nSPS) is 10.1. The monoisotopic (exact) mass is 217 g/mol. The van der Waals surface area contributed by atoms with Gasteiger partial charge in [0.1, 0.15) is 0 Å². The number of hydrogen-bond donors (Lipinski definition) is 1. The number of rotatable bonds is 5. The number of nitrogen functional groups attached to an aromatic ring is 1. The van der Waals surface area contributed by atoms with E-state index in [0.717, 1.165) is 24.0 Å². The molecule has 16 heavy (non-hydrogen) atoms. The highest BCUT2D eigenvalue weighted by Crippen LogP contribution is 2.18. The van der Waals surface area contributed by atoms with Gasteiger partial charge in [0, 0.05) is 17.7 Å². The number of carbonyl (C=O) groups is 1. The second-order valence-electron chi connectivity index (χ2n) is 4.12. The minimum Gasteiger partial charge on any atom is -0.398 e. The van der Waals surface area contributed by atoms with Crippen molar-refractivity contribution < 1.29 is 4.79 Å². The number of ketones is 1. The third-order valence-electron chi connectivity index (χ3n) is 2.71. The van der Waals surface area contributed by atoms with Crippen molar-refractivity contribution in [3.05, 3.63) is 41.5 Å². The second-order valence-corrected chi connectivity index (χ2v) is 4.12. The Kier molecular flexibility index (Phi) is 4.29. The fraction of sp³-hybridized carbons (Fsp3) is 0.357. The maximum atomic E-state index is 11.9. The van der Waals surface area contributed by atoms with Gasteiger partial charge in [0.2, 0.25) is 0 Å². The summed E-state index contributed by atoms with van der Waals surface area (Å²) in [5.41, 5.74) is 9.21. The molecule has 0 aromatic heterocycles. The standard InChI is InChI=1S/C14H19NO/c1-4-10(2)6-8-14(16)12-7-5-11(3)9-13(12)15/h5,7,9H,2,4,6,8,15H2,1,3H3. The molecule has 0 aliphatic rings. The van der Waals surface area contributed by atoms with E-state index in [0.29, 0.717) is 17.7 Å². The first kappa shape index (κ1) is 12.5. The van der Waals surface area contributed by atoms with E-state index in [9.17, 15) is 4.79 Å². The molecule has 0 saturated heterocycles. The molecule has 2 heteroatoms. The van der Waals surface area contributed by atoms with Crippen LogP contribution in [0.1, 0.15) is 42.1 Å². The smallest absolute Gasteiger partial charge is 0.165 e. The molecular formula is C14H19NO. The van der Waals surface area contributed by atoms with Crippen molar-refractivity contribution in [3.8, 4) is 0 Å². The Labute approximate surface area is 97.2 Å². The van der Waals surface area contributed by atoms with E-state index < -0.39 is 0 Å². The quantitative estimate of drug-likeness (QED) is 0.466. The minimum atomic E-state index is 0.104. The zero-order valence-electron chi connectivity index (χ0n) is 10.0. The van der Waals surface area contributed by atoms with Crippen LogP contribution in [-0.4, -0.2) is 5.78 Å². The molecule has 0 unspecified atom stereocenters. The first-order chi connectivity index (χ1) is 7.54. The highest BCUT2D eigenvalue weighted by molar-refractivity contribution is 6.00. The van der Waals surface area contributed by atoms with E-state index in [1.165, 1.54) is 0 Å². The van der Waals surface area contributed by atoms with Gasteiger partial charge >= 0.3 is 0 Å². The zero-order valence-corrected chi connectivity index (χ0v) is 10.0. The van der Waals surface area contributed by atoms with Crippen LogP contribution >= 0.6 is 0 Å². The molecule has 0 heterocycles. The van der Waals surface area contributed by atoms with Crippen LogP contribution in [-0.2, 0) is 0 Å². The van der Waals surface area contributed by atoms with Crippen LogP contribution in [0.25, 0.3) is 0 Å². The third kappa shape index (κ3) is 3.23. The molecule has 1 rings (SSSR count). The number of Topliss-reactive ketones (excluding diaryl/α,β-unsaturated/α-hetero) is 1. The number of hydrogen-bond acceptors (Lipinski definition) is 2. The molecule has 0 spiro atoms. The maximum Gasteiger partial charge on any atom is 0.165 e. The van der Waals surface area contributed by atoms with E-state index >= 15 is 0 Å². The average molecular weight is 217 g/mol. The van der Waals surface area contributed by atoms with Crippen molar-refractivity contribution in [2.24, 2.45) is 0 Å². The predicted octanol–water partition coefficient (Wildman–Crippen LogP) is 3.51. The van der Waals surface area contributed by atoms with E-state index in [1.54, 1.807) is 0 Å². The minimum absolute atomic E-state index is 0.104. The lowest BCUT2D eigenvalue weighted by Crippen LogP contribution is -2.04. The van der Waals surface area contributed by atoms with E-state index in [1.807, 2.05) is 32.0 Å². The summed E-state index contributed by atoms with van der Waals surface area (Å²) in [6, 6.07) is 5.56. The van der Waals surface area contributed by atoms with Crippen LogP contribution in [0.2, 0.25) is 0 Å². The molecule has 0 radical (unpaired) electrons. The van der Waals surface area contributed by atoms with Crippen LogP contribution in [0.15, 0.2) is 30.4 Å². The fourth-order valence-corrected chi connectivity index (χ4v) is 1.54. The fourth-order valence-electron chi connectivity index (χ4n) is 1.54. The highest BCUT2D eigenvalue weighted by Gasteiger charge is 2.09. The molecule has 86 valence electrons. The average Bonchev–Trinajstić information content (AvgIpc) is 2.25. The largest absolute Gasteiger partial charge is 0.398 e. The maximum absolute atomic E-state index is 11.9. The van der Waals surface area contributed by atoms with Gasteiger partial charge in [-0.2, -0.15) is 0 Å². The van der Waals surface area contributed by atoms with Gasteiger partial charge in [-0.05, 0) is 37.5 Å². The first-order valence-electron chi connectivity index (χ1n) is 5.60. The Bertz CT molecular complexity index is 407. The molecule has 0 bridgehead atoms. The van der Waals surface area contributed by atoms with Gasteiger partial charge < -0.3 is 5.73 Å². The van der Waals surface area contributed by atoms with Crippen LogP contribution in [0.3, 0.4) is 0 Å². The number of nitrogens with two attached hydrogens (primary N) is 1. The summed E-state index contributed by atoms with van der Waals surface area (Å²) in [4.78, 5) is 11.9. The van der Waals surface area contributed by atoms with Crippen molar-refractivity contribution in [3.63, 3.8) is 0 Å². The summed E-state index contributed by atoms with van der Waals surface area (Å²) in [5, 5.41) is 0. The molecule has 0 aliphatic heterocycles. The van der Waals surface area contributed by atoms with Crippen LogP contribution in [0.5, 0.6) is 0 Å². The van der Waals surface area contributed by atoms with Crippen LogP contribution in [0.4, 0.5) is 5.69 Å². The number of benzene rings is 1. The van der Waals surface area contributed by atoms with Crippen molar-refractivity contribution in [1.82, 2.24) is 0 Å². The topological polar surface area (TPSA) is 43.1 Å². The van der Waals surface area contributed by atoms with Gasteiger partial charge in [0.25, 0.3) is 0 Å². The Hall–Kier alpha value is -1.57. The number of anilines is 1. The lowest BCUT2D eigenvalue weighted by Gasteiger charge is -2.06. The highest BCUT2D eigenvalue weighted by atomic mass is 16.1. The van der Waals surface area contributed by atoms with E-state index in [4.69, 9.17) is 5.73 Å². The van der Waals surface area contributed by atoms with Crippen molar-refractivity contribution in [2.45, 2.75) is 33.1 Å². The molecular weight excluding hydrogens is 198 g/mol. The Balaban J connectivity index is 2.70. The lowest BCUT2D eigenvalue weighted by atomic mass is 10.0.